The van der Waals surface area contributed by atoms with Crippen LogP contribution in [0.1, 0.15) is 35.4 Å². The first kappa shape index (κ1) is 20.3. The van der Waals surface area contributed by atoms with Gasteiger partial charge in [0.1, 0.15) is 0 Å². The molecule has 9 heteroatoms. The largest absolute Gasteiger partial charge is 0.463 e. The summed E-state index contributed by atoms with van der Waals surface area (Å²) in [4.78, 5) is 37.0. The van der Waals surface area contributed by atoms with Crippen LogP contribution in [0.5, 0.6) is 6.01 Å². The second kappa shape index (κ2) is 8.81. The Morgan fingerprint density at radius 2 is 1.93 bits per heavy atom. The van der Waals surface area contributed by atoms with Crippen LogP contribution in [0.2, 0.25) is 0 Å². The van der Waals surface area contributed by atoms with Crippen molar-refractivity contribution in [3.05, 3.63) is 35.9 Å². The first-order valence-electron chi connectivity index (χ1n) is 10.5. The molecule has 2 amide bonds. The Bertz CT molecular complexity index is 872. The lowest BCUT2D eigenvalue weighted by molar-refractivity contribution is -0.128. The number of hydrogen-bond donors (Lipinski definition) is 0. The third-order valence-corrected chi connectivity index (χ3v) is 6.00. The lowest BCUT2D eigenvalue weighted by atomic mass is 9.96. The van der Waals surface area contributed by atoms with Crippen LogP contribution >= 0.6 is 0 Å². The maximum atomic E-state index is 12.7. The zero-order chi connectivity index (χ0) is 21.1. The summed E-state index contributed by atoms with van der Waals surface area (Å²) in [5.74, 6) is 0.755. The molecule has 4 rings (SSSR count). The average molecular weight is 412 g/mol. The van der Waals surface area contributed by atoms with Crippen LogP contribution in [0, 0.1) is 18.8 Å². The van der Waals surface area contributed by atoms with Crippen molar-refractivity contribution in [1.29, 1.82) is 0 Å². The van der Waals surface area contributed by atoms with Crippen LogP contribution < -0.4 is 4.74 Å². The Labute approximate surface area is 176 Å². The van der Waals surface area contributed by atoms with Crippen molar-refractivity contribution in [3.63, 3.8) is 0 Å². The zero-order valence-corrected chi connectivity index (χ0v) is 17.5. The molecular weight excluding hydrogens is 384 g/mol. The normalized spacial score (nSPS) is 20.1. The highest BCUT2D eigenvalue weighted by atomic mass is 16.5. The summed E-state index contributed by atoms with van der Waals surface area (Å²) in [5, 5.41) is 4.30. The highest BCUT2D eigenvalue weighted by Crippen LogP contribution is 2.25. The Morgan fingerprint density at radius 3 is 2.60 bits per heavy atom. The fourth-order valence-corrected chi connectivity index (χ4v) is 4.15. The van der Waals surface area contributed by atoms with E-state index in [4.69, 9.17) is 4.74 Å². The lowest BCUT2D eigenvalue weighted by Crippen LogP contribution is -2.42. The van der Waals surface area contributed by atoms with Crippen molar-refractivity contribution < 1.29 is 14.3 Å². The van der Waals surface area contributed by atoms with E-state index < -0.39 is 0 Å². The fraction of sp³-hybridized carbons (Fsp3) is 0.571. The lowest BCUT2D eigenvalue weighted by Gasteiger charge is -2.33. The van der Waals surface area contributed by atoms with Crippen LogP contribution in [0.4, 0.5) is 0 Å². The second-order valence-electron chi connectivity index (χ2n) is 8.24. The Kier molecular flexibility index (Phi) is 5.96. The van der Waals surface area contributed by atoms with Gasteiger partial charge >= 0.3 is 6.01 Å². The summed E-state index contributed by atoms with van der Waals surface area (Å²) < 4.78 is 7.34. The standard InChI is InChI=1S/C21H28N6O3/c1-15-10-18(24-25(15)2)20(29)26-8-4-16(5-9-26)12-27-13-17(11-19(27)28)14-30-21-22-6-3-7-23-21/h3,6-7,10,16-17H,4-5,8-9,11-14H2,1-2H3. The Hall–Kier alpha value is -2.97. The molecule has 0 aromatic carbocycles. The van der Waals surface area contributed by atoms with Crippen molar-refractivity contribution in [3.8, 4) is 6.01 Å². The summed E-state index contributed by atoms with van der Waals surface area (Å²) in [6, 6.07) is 3.92. The third kappa shape index (κ3) is 4.60. The van der Waals surface area contributed by atoms with Crippen molar-refractivity contribution in [2.75, 3.05) is 32.8 Å². The predicted molar refractivity (Wildman–Crippen MR) is 109 cm³/mol. The van der Waals surface area contributed by atoms with Crippen LogP contribution in [-0.4, -0.2) is 74.1 Å². The molecule has 160 valence electrons. The van der Waals surface area contributed by atoms with E-state index in [-0.39, 0.29) is 17.7 Å². The highest BCUT2D eigenvalue weighted by Gasteiger charge is 2.33. The second-order valence-corrected chi connectivity index (χ2v) is 8.24. The molecule has 1 unspecified atom stereocenters. The van der Waals surface area contributed by atoms with E-state index in [0.29, 0.717) is 50.3 Å². The van der Waals surface area contributed by atoms with E-state index in [0.717, 1.165) is 25.1 Å². The summed E-state index contributed by atoms with van der Waals surface area (Å²) in [7, 11) is 1.84. The maximum Gasteiger partial charge on any atom is 0.316 e. The van der Waals surface area contributed by atoms with Gasteiger partial charge in [0, 0.05) is 63.7 Å². The van der Waals surface area contributed by atoms with Gasteiger partial charge in [-0.05, 0) is 37.8 Å². The van der Waals surface area contributed by atoms with Gasteiger partial charge in [0.15, 0.2) is 5.69 Å². The number of aromatic nitrogens is 4. The highest BCUT2D eigenvalue weighted by molar-refractivity contribution is 5.92. The van der Waals surface area contributed by atoms with Gasteiger partial charge in [-0.3, -0.25) is 14.3 Å². The minimum Gasteiger partial charge on any atom is -0.463 e. The number of carbonyl (C=O) groups excluding carboxylic acids is 2. The molecule has 0 spiro atoms. The van der Waals surface area contributed by atoms with Crippen LogP contribution in [0.15, 0.2) is 24.5 Å². The number of amides is 2. The molecule has 4 heterocycles. The van der Waals surface area contributed by atoms with Gasteiger partial charge in [-0.1, -0.05) is 0 Å². The van der Waals surface area contributed by atoms with E-state index in [9.17, 15) is 9.59 Å². The number of rotatable bonds is 6. The molecule has 0 N–H and O–H groups in total. The van der Waals surface area contributed by atoms with E-state index in [1.54, 1.807) is 23.1 Å². The quantitative estimate of drug-likeness (QED) is 0.710. The number of hydrogen-bond acceptors (Lipinski definition) is 6. The zero-order valence-electron chi connectivity index (χ0n) is 17.5. The number of likely N-dealkylation sites (tertiary alicyclic amines) is 2. The number of aryl methyl sites for hydroxylation is 2. The molecule has 0 radical (unpaired) electrons. The average Bonchev–Trinajstić information content (AvgIpc) is 3.28. The van der Waals surface area contributed by atoms with Gasteiger partial charge in [0.25, 0.3) is 5.91 Å². The molecule has 2 saturated heterocycles. The summed E-state index contributed by atoms with van der Waals surface area (Å²) in [6.07, 6.45) is 5.59. The molecule has 30 heavy (non-hydrogen) atoms. The monoisotopic (exact) mass is 412 g/mol. The van der Waals surface area contributed by atoms with Crippen molar-refractivity contribution in [2.24, 2.45) is 18.9 Å². The fourth-order valence-electron chi connectivity index (χ4n) is 4.15. The maximum absolute atomic E-state index is 12.7. The summed E-state index contributed by atoms with van der Waals surface area (Å²) in [6.45, 7) is 5.26. The van der Waals surface area contributed by atoms with E-state index in [1.807, 2.05) is 29.8 Å². The summed E-state index contributed by atoms with van der Waals surface area (Å²) in [5.41, 5.74) is 1.48. The molecule has 2 aliphatic rings. The molecule has 2 aromatic heterocycles. The van der Waals surface area contributed by atoms with E-state index in [2.05, 4.69) is 15.1 Å². The molecule has 2 aliphatic heterocycles. The molecular formula is C21H28N6O3. The third-order valence-electron chi connectivity index (χ3n) is 6.00. The Morgan fingerprint density at radius 1 is 1.20 bits per heavy atom. The van der Waals surface area contributed by atoms with E-state index >= 15 is 0 Å². The van der Waals surface area contributed by atoms with Gasteiger partial charge in [0.2, 0.25) is 5.91 Å². The molecule has 0 saturated carbocycles. The number of carbonyl (C=O) groups is 2. The molecule has 2 aromatic rings. The van der Waals surface area contributed by atoms with Crippen molar-refractivity contribution in [1.82, 2.24) is 29.5 Å². The number of nitrogens with zero attached hydrogens (tertiary/aromatic N) is 6. The first-order valence-corrected chi connectivity index (χ1v) is 10.5. The summed E-state index contributed by atoms with van der Waals surface area (Å²) >= 11 is 0. The van der Waals surface area contributed by atoms with Gasteiger partial charge in [0.05, 0.1) is 6.61 Å². The van der Waals surface area contributed by atoms with Gasteiger partial charge in [-0.2, -0.15) is 5.10 Å². The van der Waals surface area contributed by atoms with Crippen LogP contribution in [0.3, 0.4) is 0 Å². The number of piperidine rings is 1. The molecule has 9 nitrogen and oxygen atoms in total. The van der Waals surface area contributed by atoms with Crippen LogP contribution in [0.25, 0.3) is 0 Å². The predicted octanol–water partition coefficient (Wildman–Crippen LogP) is 1.30. The minimum absolute atomic E-state index is 0.00487. The molecule has 0 aliphatic carbocycles. The molecule has 1 atom stereocenters. The Balaban J connectivity index is 1.23. The number of ether oxygens (including phenoxy) is 1. The SMILES string of the molecule is Cc1cc(C(=O)N2CCC(CN3CC(COc4ncccn4)CC3=O)CC2)nn1C. The van der Waals surface area contributed by atoms with Gasteiger partial charge in [-0.15, -0.1) is 0 Å². The van der Waals surface area contributed by atoms with Gasteiger partial charge < -0.3 is 14.5 Å². The minimum atomic E-state index is -0.00487. The molecule has 2 fully saturated rings. The van der Waals surface area contributed by atoms with Crippen molar-refractivity contribution >= 4 is 11.8 Å². The van der Waals surface area contributed by atoms with Crippen molar-refractivity contribution in [2.45, 2.75) is 26.2 Å². The smallest absolute Gasteiger partial charge is 0.316 e. The van der Waals surface area contributed by atoms with Gasteiger partial charge in [-0.25, -0.2) is 9.97 Å². The first-order chi connectivity index (χ1) is 14.5. The molecule has 0 bridgehead atoms. The van der Waals surface area contributed by atoms with E-state index in [1.165, 1.54) is 0 Å². The van der Waals surface area contributed by atoms with Crippen LogP contribution in [-0.2, 0) is 11.8 Å². The topological polar surface area (TPSA) is 93.4 Å².